The van der Waals surface area contributed by atoms with E-state index in [9.17, 15) is 44.1 Å². The maximum atomic E-state index is 14.8. The van der Waals surface area contributed by atoms with Crippen LogP contribution in [0.5, 0.6) is 0 Å². The summed E-state index contributed by atoms with van der Waals surface area (Å²) in [6.07, 6.45) is 8.39. The van der Waals surface area contributed by atoms with Gasteiger partial charge in [-0.05, 0) is 285 Å². The normalized spacial score (nSPS) is 15.9. The zero-order valence-electron chi connectivity index (χ0n) is 82.9. The van der Waals surface area contributed by atoms with Gasteiger partial charge < -0.3 is 75.9 Å². The molecule has 6 aromatic heterocycles. The molecule has 0 radical (unpaired) electrons. The summed E-state index contributed by atoms with van der Waals surface area (Å²) in [7, 11) is -19.0. The number of carboxylic acids is 3. The maximum absolute atomic E-state index is 14.8. The van der Waals surface area contributed by atoms with Crippen molar-refractivity contribution < 1.29 is 68.8 Å². The number of carboxylic acid groups (broad SMARTS) is 3. The summed E-state index contributed by atoms with van der Waals surface area (Å²) in [5.74, 6) is -5.12. The summed E-state index contributed by atoms with van der Waals surface area (Å²) in [5.41, 5.74) is 20.9. The van der Waals surface area contributed by atoms with Gasteiger partial charge in [-0.1, -0.05) is 66.3 Å². The molecule has 6 aromatic rings. The largest absolute Gasteiger partial charge is 0.481 e. The number of unbranched alkanes of at least 4 members (excludes halogenated alkanes) is 1. The number of carbonyl (C=O) groups is 6. The van der Waals surface area contributed by atoms with Crippen molar-refractivity contribution in [3.63, 3.8) is 0 Å². The number of H-pyrrole nitrogens is 4. The van der Waals surface area contributed by atoms with Crippen LogP contribution in [0.15, 0.2) is 61.7 Å². The minimum Gasteiger partial charge on any atom is -0.481 e. The lowest BCUT2D eigenvalue weighted by Gasteiger charge is -2.43. The van der Waals surface area contributed by atoms with Crippen LogP contribution < -0.4 is 16.0 Å². The van der Waals surface area contributed by atoms with E-state index < -0.39 is 91.3 Å². The number of carbonyl (C=O) groups excluding carboxylic acids is 3. The van der Waals surface area contributed by atoms with Crippen LogP contribution in [0.2, 0.25) is 130 Å². The van der Waals surface area contributed by atoms with Crippen molar-refractivity contribution in [3.05, 3.63) is 163 Å². The van der Waals surface area contributed by atoms with Crippen molar-refractivity contribution in [1.82, 2.24) is 55.8 Å². The highest BCUT2D eigenvalue weighted by Crippen LogP contribution is 2.47. The molecule has 4 aliphatic heterocycles. The smallest absolute Gasteiger partial charge is 0.469 e. The number of hydrogen-bond donors (Lipinski definition) is 10. The fourth-order valence-corrected chi connectivity index (χ4v) is 47.3. The molecule has 0 saturated heterocycles. The summed E-state index contributed by atoms with van der Waals surface area (Å²) in [5, 5.41) is 40.8. The van der Waals surface area contributed by atoms with E-state index in [-0.39, 0.29) is 78.7 Å². The number of aromatic nitrogens is 8. The molecule has 708 valence electrons. The van der Waals surface area contributed by atoms with Crippen LogP contribution in [0, 0.1) is 27.7 Å². The Morgan fingerprint density at radius 1 is 0.408 bits per heavy atom. The molecule has 0 fully saturated rings. The molecule has 34 heteroatoms. The molecular formula is C96H147N11O15Si8. The Hall–Kier alpha value is -8.48. The number of aryl methyl sites for hydroxylation is 6. The Bertz CT molecular complexity index is 5660. The van der Waals surface area contributed by atoms with Crippen LogP contribution in [-0.2, 0) is 69.6 Å². The number of nitrogens with one attached hydrogen (secondary N) is 7. The van der Waals surface area contributed by atoms with Crippen LogP contribution in [-0.4, -0.2) is 178 Å². The molecule has 16 bridgehead atoms. The van der Waals surface area contributed by atoms with E-state index >= 15 is 0 Å². The van der Waals surface area contributed by atoms with Crippen LogP contribution in [0.25, 0.3) is 66.4 Å². The number of rotatable bonds is 39. The van der Waals surface area contributed by atoms with Gasteiger partial charge in [0.25, 0.3) is 0 Å². The molecule has 3 amide bonds. The van der Waals surface area contributed by atoms with E-state index in [1.807, 2.05) is 64.1 Å². The molecule has 0 aliphatic carbocycles. The number of aromatic carboxylic acids is 2. The van der Waals surface area contributed by atoms with Crippen molar-refractivity contribution in [2.75, 3.05) is 19.6 Å². The predicted octanol–water partition coefficient (Wildman–Crippen LogP) is 22.0. The maximum Gasteiger partial charge on any atom is 0.469 e. The van der Waals surface area contributed by atoms with E-state index in [1.54, 1.807) is 19.9 Å². The third-order valence-electron chi connectivity index (χ3n) is 23.5. The summed E-state index contributed by atoms with van der Waals surface area (Å²) >= 11 is 0. The number of aromatic amines is 4. The molecule has 130 heavy (non-hydrogen) atoms. The van der Waals surface area contributed by atoms with Crippen LogP contribution in [0.1, 0.15) is 234 Å². The van der Waals surface area contributed by atoms with Crippen molar-refractivity contribution in [2.45, 2.75) is 307 Å². The van der Waals surface area contributed by atoms with Gasteiger partial charge in [-0.2, -0.15) is 0 Å². The highest BCUT2D eigenvalue weighted by molar-refractivity contribution is 6.91. The lowest BCUT2D eigenvalue weighted by Crippen LogP contribution is -2.60. The Morgan fingerprint density at radius 2 is 0.731 bits per heavy atom. The minimum absolute atomic E-state index is 0.0596. The SMILES string of the molecule is C=CC1=C(C)c2cc3nc(c(CC(=O)NCCCC)c4[nH]c(cc5[nH]c(cc1n2)c(C)c5CC)c(C)c4C(=O)O)C(CCC(=O)O)C3C.C=CC1=C(C)c2cc3nc(c(CC(=O)NCCC[Si](O[Si](C)(C)C)(O[Si](C)(C)C)O[Si](C)(C)C)c4[nH]c(cc5[nH]c(cc1n2)c(C)c5CC)c(C)c4C(=O)O)C(CCC(=O)NCCC[Si](O[Si](C)(C)C)(O[Si](C)(C)C)O[Si](C)(C)C)C3C. The molecule has 4 aliphatic rings. The molecule has 26 nitrogen and oxygen atoms in total. The molecule has 0 aromatic carbocycles. The van der Waals surface area contributed by atoms with Crippen molar-refractivity contribution in [2.24, 2.45) is 0 Å². The monoisotopic (exact) mass is 1920 g/mol. The van der Waals surface area contributed by atoms with Gasteiger partial charge in [0, 0.05) is 135 Å². The quantitative estimate of drug-likeness (QED) is 0.0127. The second kappa shape index (κ2) is 42.4. The highest BCUT2D eigenvalue weighted by atomic mass is 28.5. The lowest BCUT2D eigenvalue weighted by atomic mass is 9.84. The Kier molecular flexibility index (Phi) is 34.3. The first-order chi connectivity index (χ1) is 60.4. The number of amides is 3. The number of nitrogens with zero attached hydrogens (tertiary/aromatic N) is 4. The first kappa shape index (κ1) is 105. The predicted molar refractivity (Wildman–Crippen MR) is 546 cm³/mol. The van der Waals surface area contributed by atoms with Crippen LogP contribution in [0.3, 0.4) is 0 Å². The standard InChI is InChI=1S/C58H102N6O10Si8.C38H45N5O5/c1-25-43-39(3)47-36-49-41(5)45(29-30-53(65)59-31-27-33-81(69-75(7,8)9,70-76(10,11)12)71-77(13,14)15)56(63-49)46(35-54(66)60-32-28-34-82(72-78(16,17)18,73-79(19,20)21)74-80(22,23)24)57-55(58(67)68)42(6)50(64-57)38-52-44(26-2)40(4)48(62-52)37-51(43)61-47;1-8-11-14-39-33(44)15-26-36-25(12-13-34(45)46)21(6)29(42-36)16-27-19(4)23(9-2)31(40-27)17-28-20(5)24(10-3)32(41-28)18-30-22(7)35(38(47)48)37(26)43-30/h25,36-38,41,45,62,64H,1,26-35H2,2-24H3,(H,59,65)(H,60,66)(H,67,68);9,16-18,21,25,41,43H,2,8,10-15H2,1,3-7H3,(H,39,44)(H,45,46)(H,47,48). The lowest BCUT2D eigenvalue weighted by molar-refractivity contribution is -0.137. The Balaban J connectivity index is 0.000000335. The van der Waals surface area contributed by atoms with Gasteiger partial charge in [-0.15, -0.1) is 0 Å². The zero-order chi connectivity index (χ0) is 96.8. The fraction of sp³-hybridized carbons (Fsp3) is 0.521. The number of aliphatic carboxylic acids is 1. The van der Waals surface area contributed by atoms with Crippen molar-refractivity contribution in [3.8, 4) is 0 Å². The van der Waals surface area contributed by atoms with E-state index in [2.05, 4.69) is 208 Å². The first-order valence-corrected chi connectivity index (χ1v) is 70.6. The average molecular weight is 1920 g/mol. The highest BCUT2D eigenvalue weighted by Gasteiger charge is 2.52. The molecule has 10 N–H and O–H groups in total. The first-order valence-electron chi connectivity index (χ1n) is 46.3. The van der Waals surface area contributed by atoms with Gasteiger partial charge in [-0.25, -0.2) is 19.6 Å². The van der Waals surface area contributed by atoms with E-state index in [4.69, 9.17) is 44.6 Å². The van der Waals surface area contributed by atoms with Gasteiger partial charge >= 0.3 is 35.5 Å². The second-order valence-corrected chi connectivity index (χ2v) is 75.0. The number of allylic oxidation sites excluding steroid dienone is 6. The number of fused-ring (bicyclic) bond motifs is 16. The summed E-state index contributed by atoms with van der Waals surface area (Å²) in [4.78, 5) is 116. The van der Waals surface area contributed by atoms with Gasteiger partial charge in [0.2, 0.25) is 17.7 Å². The van der Waals surface area contributed by atoms with Crippen molar-refractivity contribution >= 4 is 170 Å². The molecular weight excluding hydrogens is 1770 g/mol. The Morgan fingerprint density at radius 3 is 1.04 bits per heavy atom. The topological polar surface area (TPSA) is 369 Å². The minimum atomic E-state index is -3.20. The van der Waals surface area contributed by atoms with E-state index in [0.29, 0.717) is 118 Å². The third kappa shape index (κ3) is 26.7. The second-order valence-electron chi connectivity index (χ2n) is 41.1. The average Bonchev–Trinajstić information content (AvgIpc) is 1.70. The molecule has 10 rings (SSSR count). The van der Waals surface area contributed by atoms with Gasteiger partial charge in [0.1, 0.15) is 0 Å². The van der Waals surface area contributed by atoms with E-state index in [1.165, 1.54) is 0 Å². The third-order valence-corrected chi connectivity index (χ3v) is 47.6. The molecule has 10 heterocycles. The van der Waals surface area contributed by atoms with Gasteiger partial charge in [0.15, 0.2) is 49.9 Å². The Labute approximate surface area is 778 Å². The summed E-state index contributed by atoms with van der Waals surface area (Å²) < 4.78 is 41.7. The molecule has 4 atom stereocenters. The van der Waals surface area contributed by atoms with Crippen molar-refractivity contribution in [1.29, 1.82) is 0 Å². The van der Waals surface area contributed by atoms with Gasteiger partial charge in [0.05, 0.1) is 69.2 Å². The van der Waals surface area contributed by atoms with Crippen LogP contribution >= 0.6 is 0 Å². The van der Waals surface area contributed by atoms with Gasteiger partial charge in [-0.3, -0.25) is 29.1 Å². The summed E-state index contributed by atoms with van der Waals surface area (Å²) in [6, 6.07) is 13.0. The zero-order valence-corrected chi connectivity index (χ0v) is 90.9. The fourth-order valence-electron chi connectivity index (χ4n) is 18.0. The molecule has 0 saturated carbocycles. The number of hydrogen-bond acceptors (Lipinski definition) is 16. The molecule has 0 spiro atoms. The van der Waals surface area contributed by atoms with Crippen LogP contribution in [0.4, 0.5) is 0 Å². The molecule has 4 unspecified atom stereocenters. The summed E-state index contributed by atoms with van der Waals surface area (Å²) in [6.45, 7) is 70.5. The van der Waals surface area contributed by atoms with E-state index in [0.717, 1.165) is 115 Å².